The first-order chi connectivity index (χ1) is 7.83. The van der Waals surface area contributed by atoms with Crippen LogP contribution in [0.5, 0.6) is 0 Å². The molecule has 0 spiro atoms. The van der Waals surface area contributed by atoms with E-state index >= 15 is 0 Å². The van der Waals surface area contributed by atoms with Crippen LogP contribution < -0.4 is 4.90 Å². The molecule has 88 valence electrons. The molecule has 1 saturated heterocycles. The van der Waals surface area contributed by atoms with Crippen LogP contribution in [0.4, 0.5) is 5.82 Å². The molecule has 0 aromatic carbocycles. The minimum absolute atomic E-state index is 0.704. The number of nitrogens with zero attached hydrogens (tertiary/aromatic N) is 2. The summed E-state index contributed by atoms with van der Waals surface area (Å²) in [6.45, 7) is 5.84. The Bertz CT molecular complexity index is 310. The van der Waals surface area contributed by atoms with Crippen LogP contribution in [0.25, 0.3) is 0 Å². The molecule has 2 heteroatoms. The van der Waals surface area contributed by atoms with Crippen LogP contribution in [-0.2, 0) is 0 Å². The van der Waals surface area contributed by atoms with E-state index in [0.717, 1.165) is 11.7 Å². The molecule has 0 saturated carbocycles. The third-order valence-corrected chi connectivity index (χ3v) is 3.64. The maximum Gasteiger partial charge on any atom is 0.128 e. The van der Waals surface area contributed by atoms with Gasteiger partial charge in [-0.05, 0) is 37.3 Å². The Labute approximate surface area is 98.7 Å². The van der Waals surface area contributed by atoms with E-state index in [4.69, 9.17) is 0 Å². The van der Waals surface area contributed by atoms with Crippen LogP contribution >= 0.6 is 0 Å². The molecule has 2 unspecified atom stereocenters. The molecule has 2 heterocycles. The van der Waals surface area contributed by atoms with E-state index in [9.17, 15) is 0 Å². The Morgan fingerprint density at radius 2 is 2.38 bits per heavy atom. The van der Waals surface area contributed by atoms with Crippen molar-refractivity contribution in [1.82, 2.24) is 4.98 Å². The summed E-state index contributed by atoms with van der Waals surface area (Å²) in [4.78, 5) is 6.98. The third-order valence-electron chi connectivity index (χ3n) is 3.64. The zero-order valence-corrected chi connectivity index (χ0v) is 10.4. The summed E-state index contributed by atoms with van der Waals surface area (Å²) in [6.07, 6.45) is 7.16. The Hall–Kier alpha value is -1.05. The number of rotatable bonds is 4. The molecule has 0 aliphatic carbocycles. The smallest absolute Gasteiger partial charge is 0.128 e. The maximum atomic E-state index is 4.48. The fourth-order valence-electron chi connectivity index (χ4n) is 2.84. The van der Waals surface area contributed by atoms with Gasteiger partial charge in [-0.25, -0.2) is 4.98 Å². The fraction of sp³-hybridized carbons (Fsp3) is 0.643. The molecule has 0 amide bonds. The van der Waals surface area contributed by atoms with Crippen LogP contribution in [0.15, 0.2) is 24.4 Å². The average molecular weight is 218 g/mol. The third kappa shape index (κ3) is 2.37. The summed E-state index contributed by atoms with van der Waals surface area (Å²) < 4.78 is 0. The molecule has 0 N–H and O–H groups in total. The molecule has 1 aliphatic heterocycles. The molecule has 16 heavy (non-hydrogen) atoms. The van der Waals surface area contributed by atoms with E-state index in [-0.39, 0.29) is 0 Å². The number of aromatic nitrogens is 1. The molecule has 0 bridgehead atoms. The maximum absolute atomic E-state index is 4.48. The first-order valence-electron chi connectivity index (χ1n) is 6.50. The minimum atomic E-state index is 0.704. The summed E-state index contributed by atoms with van der Waals surface area (Å²) in [6, 6.07) is 6.92. The number of anilines is 1. The van der Waals surface area contributed by atoms with Gasteiger partial charge < -0.3 is 4.90 Å². The van der Waals surface area contributed by atoms with Gasteiger partial charge in [0.15, 0.2) is 0 Å². The van der Waals surface area contributed by atoms with Gasteiger partial charge in [-0.15, -0.1) is 0 Å². The van der Waals surface area contributed by atoms with Crippen molar-refractivity contribution in [2.24, 2.45) is 5.92 Å². The summed E-state index contributed by atoms with van der Waals surface area (Å²) in [5.41, 5.74) is 0. The van der Waals surface area contributed by atoms with Crippen molar-refractivity contribution in [3.8, 4) is 0 Å². The monoisotopic (exact) mass is 218 g/mol. The molecule has 1 aromatic rings. The van der Waals surface area contributed by atoms with Gasteiger partial charge in [-0.3, -0.25) is 0 Å². The van der Waals surface area contributed by atoms with Crippen LogP contribution in [0, 0.1) is 5.92 Å². The highest BCUT2D eigenvalue weighted by Gasteiger charge is 2.29. The van der Waals surface area contributed by atoms with Crippen molar-refractivity contribution >= 4 is 5.82 Å². The van der Waals surface area contributed by atoms with Crippen molar-refractivity contribution in [3.63, 3.8) is 0 Å². The van der Waals surface area contributed by atoms with Crippen LogP contribution in [0.2, 0.25) is 0 Å². The quantitative estimate of drug-likeness (QED) is 0.769. The molecule has 2 rings (SSSR count). The van der Waals surface area contributed by atoms with Crippen LogP contribution in [-0.4, -0.2) is 17.6 Å². The second-order valence-corrected chi connectivity index (χ2v) is 4.86. The standard InChI is InChI=1S/C14H22N2/c1-3-7-12(2)13-8-6-11-16(13)14-9-4-5-10-15-14/h4-5,9-10,12-13H,3,6-8,11H2,1-2H3. The Balaban J connectivity index is 2.09. The van der Waals surface area contributed by atoms with Gasteiger partial charge in [0.25, 0.3) is 0 Å². The average Bonchev–Trinajstić information content (AvgIpc) is 2.79. The Morgan fingerprint density at radius 3 is 3.06 bits per heavy atom. The Morgan fingerprint density at radius 1 is 1.50 bits per heavy atom. The fourth-order valence-corrected chi connectivity index (χ4v) is 2.84. The van der Waals surface area contributed by atoms with E-state index in [2.05, 4.69) is 35.9 Å². The van der Waals surface area contributed by atoms with E-state index in [1.807, 2.05) is 12.3 Å². The summed E-state index contributed by atoms with van der Waals surface area (Å²) in [5, 5.41) is 0. The van der Waals surface area contributed by atoms with Gasteiger partial charge in [-0.2, -0.15) is 0 Å². The molecule has 2 atom stereocenters. The predicted molar refractivity (Wildman–Crippen MR) is 68.7 cm³/mol. The largest absolute Gasteiger partial charge is 0.353 e. The van der Waals surface area contributed by atoms with Crippen LogP contribution in [0.1, 0.15) is 39.5 Å². The highest BCUT2D eigenvalue weighted by Crippen LogP contribution is 2.30. The first kappa shape index (κ1) is 11.4. The normalized spacial score (nSPS) is 22.4. The van der Waals surface area contributed by atoms with Gasteiger partial charge in [0, 0.05) is 18.8 Å². The first-order valence-corrected chi connectivity index (χ1v) is 6.50. The van der Waals surface area contributed by atoms with E-state index in [1.165, 1.54) is 32.2 Å². The molecule has 2 nitrogen and oxygen atoms in total. The van der Waals surface area contributed by atoms with Gasteiger partial charge in [0.2, 0.25) is 0 Å². The zero-order chi connectivity index (χ0) is 11.4. The van der Waals surface area contributed by atoms with Gasteiger partial charge in [0.05, 0.1) is 0 Å². The van der Waals surface area contributed by atoms with Gasteiger partial charge >= 0.3 is 0 Å². The molecular formula is C14H22N2. The number of hydrogen-bond donors (Lipinski definition) is 0. The lowest BCUT2D eigenvalue weighted by atomic mass is 9.95. The van der Waals surface area contributed by atoms with Gasteiger partial charge in [-0.1, -0.05) is 26.3 Å². The molecule has 1 aromatic heterocycles. The summed E-state index contributed by atoms with van der Waals surface area (Å²) in [7, 11) is 0. The second kappa shape index (κ2) is 5.33. The highest BCUT2D eigenvalue weighted by atomic mass is 15.2. The van der Waals surface area contributed by atoms with E-state index < -0.39 is 0 Å². The molecule has 1 aliphatic rings. The van der Waals surface area contributed by atoms with Crippen molar-refractivity contribution in [2.45, 2.75) is 45.6 Å². The minimum Gasteiger partial charge on any atom is -0.353 e. The van der Waals surface area contributed by atoms with Gasteiger partial charge in [0.1, 0.15) is 5.82 Å². The lowest BCUT2D eigenvalue weighted by molar-refractivity contribution is 0.420. The Kier molecular flexibility index (Phi) is 3.81. The number of hydrogen-bond acceptors (Lipinski definition) is 2. The molecule has 0 radical (unpaired) electrons. The second-order valence-electron chi connectivity index (χ2n) is 4.86. The SMILES string of the molecule is CCCC(C)C1CCCN1c1ccccn1. The van der Waals surface area contributed by atoms with E-state index in [0.29, 0.717) is 6.04 Å². The predicted octanol–water partition coefficient (Wildman–Crippen LogP) is 3.49. The zero-order valence-electron chi connectivity index (χ0n) is 10.4. The van der Waals surface area contributed by atoms with Crippen molar-refractivity contribution < 1.29 is 0 Å². The lowest BCUT2D eigenvalue weighted by Gasteiger charge is -2.30. The molecular weight excluding hydrogens is 196 g/mol. The topological polar surface area (TPSA) is 16.1 Å². The van der Waals surface area contributed by atoms with Crippen molar-refractivity contribution in [2.75, 3.05) is 11.4 Å². The highest BCUT2D eigenvalue weighted by molar-refractivity contribution is 5.40. The van der Waals surface area contributed by atoms with Crippen molar-refractivity contribution in [1.29, 1.82) is 0 Å². The van der Waals surface area contributed by atoms with Crippen LogP contribution in [0.3, 0.4) is 0 Å². The summed E-state index contributed by atoms with van der Waals surface area (Å²) in [5.74, 6) is 1.95. The van der Waals surface area contributed by atoms with Crippen molar-refractivity contribution in [3.05, 3.63) is 24.4 Å². The number of pyridine rings is 1. The molecule has 1 fully saturated rings. The lowest BCUT2D eigenvalue weighted by Crippen LogP contribution is -2.34. The van der Waals surface area contributed by atoms with E-state index in [1.54, 1.807) is 0 Å². The summed E-state index contributed by atoms with van der Waals surface area (Å²) >= 11 is 0.